The smallest absolute Gasteiger partial charge is 0.254 e. The lowest BCUT2D eigenvalue weighted by Crippen LogP contribution is -2.45. The van der Waals surface area contributed by atoms with E-state index < -0.39 is 5.92 Å². The van der Waals surface area contributed by atoms with E-state index in [4.69, 9.17) is 9.47 Å². The Balaban J connectivity index is 1.55. The average molecular weight is 451 g/mol. The van der Waals surface area contributed by atoms with E-state index in [1.807, 2.05) is 53.9 Å². The van der Waals surface area contributed by atoms with Gasteiger partial charge < -0.3 is 19.7 Å². The van der Waals surface area contributed by atoms with Crippen LogP contribution >= 0.6 is 11.3 Å². The van der Waals surface area contributed by atoms with Crippen LogP contribution in [0.1, 0.15) is 38.3 Å². The summed E-state index contributed by atoms with van der Waals surface area (Å²) in [5, 5.41) is 5.06. The number of hydrogen-bond donors (Lipinski definition) is 1. The second-order valence-electron chi connectivity index (χ2n) is 7.67. The quantitative estimate of drug-likeness (QED) is 0.590. The van der Waals surface area contributed by atoms with Crippen molar-refractivity contribution in [1.29, 1.82) is 0 Å². The summed E-state index contributed by atoms with van der Waals surface area (Å²) in [6.07, 6.45) is 0.652. The second kappa shape index (κ2) is 9.44. The minimum atomic E-state index is -0.474. The molecule has 2 unspecified atom stereocenters. The van der Waals surface area contributed by atoms with Gasteiger partial charge in [-0.15, -0.1) is 11.3 Å². The van der Waals surface area contributed by atoms with E-state index in [0.29, 0.717) is 30.0 Å². The topological polar surface area (TPSA) is 67.9 Å². The van der Waals surface area contributed by atoms with E-state index in [2.05, 4.69) is 5.32 Å². The molecule has 0 saturated heterocycles. The molecule has 1 aliphatic rings. The SMILES string of the molecule is COc1ccc(CCNC(=O)C2c3ccccc3C(=O)N(C)C2c2cccs2)cc1OC. The van der Waals surface area contributed by atoms with Crippen LogP contribution in [0.15, 0.2) is 60.0 Å². The maximum Gasteiger partial charge on any atom is 0.254 e. The van der Waals surface area contributed by atoms with Crippen LogP contribution in [0.25, 0.3) is 0 Å². The summed E-state index contributed by atoms with van der Waals surface area (Å²) in [6, 6.07) is 16.7. The van der Waals surface area contributed by atoms with E-state index in [0.717, 1.165) is 16.0 Å². The molecule has 2 atom stereocenters. The summed E-state index contributed by atoms with van der Waals surface area (Å²) in [5.74, 6) is 0.711. The fourth-order valence-electron chi connectivity index (χ4n) is 4.25. The molecule has 6 nitrogen and oxygen atoms in total. The number of likely N-dealkylation sites (N-methyl/N-ethyl adjacent to an activating group) is 1. The van der Waals surface area contributed by atoms with Gasteiger partial charge in [0.05, 0.1) is 26.2 Å². The van der Waals surface area contributed by atoms with Gasteiger partial charge in [0.2, 0.25) is 5.91 Å². The third-order valence-electron chi connectivity index (χ3n) is 5.86. The fraction of sp³-hybridized carbons (Fsp3) is 0.280. The largest absolute Gasteiger partial charge is 0.493 e. The van der Waals surface area contributed by atoms with Crippen molar-refractivity contribution in [3.05, 3.63) is 81.5 Å². The average Bonchev–Trinajstić information content (AvgIpc) is 3.35. The zero-order chi connectivity index (χ0) is 22.7. The third kappa shape index (κ3) is 4.08. The van der Waals surface area contributed by atoms with Crippen LogP contribution in [-0.2, 0) is 11.2 Å². The summed E-state index contributed by atoms with van der Waals surface area (Å²) in [4.78, 5) is 29.1. The molecule has 1 aromatic heterocycles. The number of carbonyl (C=O) groups excluding carboxylic acids is 2. The summed E-state index contributed by atoms with van der Waals surface area (Å²) in [6.45, 7) is 0.474. The molecule has 0 fully saturated rings. The van der Waals surface area contributed by atoms with Gasteiger partial charge in [0.1, 0.15) is 0 Å². The highest BCUT2D eigenvalue weighted by atomic mass is 32.1. The molecule has 32 heavy (non-hydrogen) atoms. The molecule has 0 aliphatic carbocycles. The van der Waals surface area contributed by atoms with Gasteiger partial charge >= 0.3 is 0 Å². The number of rotatable bonds is 7. The Morgan fingerprint density at radius 3 is 2.56 bits per heavy atom. The first-order valence-electron chi connectivity index (χ1n) is 10.4. The fourth-order valence-corrected chi connectivity index (χ4v) is 5.15. The van der Waals surface area contributed by atoms with Gasteiger partial charge in [0.15, 0.2) is 11.5 Å². The van der Waals surface area contributed by atoms with Gasteiger partial charge in [-0.1, -0.05) is 30.3 Å². The van der Waals surface area contributed by atoms with Crippen molar-refractivity contribution in [2.75, 3.05) is 27.8 Å². The first-order valence-corrected chi connectivity index (χ1v) is 11.3. The molecule has 2 aromatic carbocycles. The molecule has 3 aromatic rings. The number of hydrogen-bond acceptors (Lipinski definition) is 5. The summed E-state index contributed by atoms with van der Waals surface area (Å²) in [7, 11) is 4.98. The maximum atomic E-state index is 13.4. The van der Waals surface area contributed by atoms with Crippen LogP contribution in [0.3, 0.4) is 0 Å². The number of nitrogens with one attached hydrogen (secondary N) is 1. The summed E-state index contributed by atoms with van der Waals surface area (Å²) < 4.78 is 10.7. The predicted octanol–water partition coefficient (Wildman–Crippen LogP) is 4.03. The Kier molecular flexibility index (Phi) is 6.46. The highest BCUT2D eigenvalue weighted by molar-refractivity contribution is 7.10. The molecule has 4 rings (SSSR count). The van der Waals surface area contributed by atoms with Gasteiger partial charge in [-0.3, -0.25) is 9.59 Å². The lowest BCUT2D eigenvalue weighted by Gasteiger charge is -2.39. The third-order valence-corrected chi connectivity index (χ3v) is 6.80. The van der Waals surface area contributed by atoms with Gasteiger partial charge in [0, 0.05) is 24.0 Å². The molecule has 0 radical (unpaired) electrons. The van der Waals surface area contributed by atoms with Crippen molar-refractivity contribution >= 4 is 23.2 Å². The van der Waals surface area contributed by atoms with Crippen molar-refractivity contribution in [1.82, 2.24) is 10.2 Å². The zero-order valence-electron chi connectivity index (χ0n) is 18.3. The molecule has 7 heteroatoms. The van der Waals surface area contributed by atoms with Gasteiger partial charge in [0.25, 0.3) is 5.91 Å². The van der Waals surface area contributed by atoms with Crippen molar-refractivity contribution in [2.24, 2.45) is 0 Å². The van der Waals surface area contributed by atoms with E-state index in [1.165, 1.54) is 0 Å². The minimum Gasteiger partial charge on any atom is -0.493 e. The van der Waals surface area contributed by atoms with Gasteiger partial charge in [-0.25, -0.2) is 0 Å². The number of thiophene rings is 1. The van der Waals surface area contributed by atoms with E-state index in [9.17, 15) is 9.59 Å². The minimum absolute atomic E-state index is 0.0617. The van der Waals surface area contributed by atoms with Crippen LogP contribution in [0.4, 0.5) is 0 Å². The maximum absolute atomic E-state index is 13.4. The molecule has 0 bridgehead atoms. The zero-order valence-corrected chi connectivity index (χ0v) is 19.1. The Labute approximate surface area is 191 Å². The lowest BCUT2D eigenvalue weighted by atomic mass is 9.81. The van der Waals surface area contributed by atoms with Crippen molar-refractivity contribution in [3.63, 3.8) is 0 Å². The number of fused-ring (bicyclic) bond motifs is 1. The van der Waals surface area contributed by atoms with Crippen molar-refractivity contribution in [2.45, 2.75) is 18.4 Å². The number of carbonyl (C=O) groups is 2. The Morgan fingerprint density at radius 2 is 1.84 bits per heavy atom. The highest BCUT2D eigenvalue weighted by Gasteiger charge is 2.42. The van der Waals surface area contributed by atoms with E-state index >= 15 is 0 Å². The Morgan fingerprint density at radius 1 is 1.06 bits per heavy atom. The number of ether oxygens (including phenoxy) is 2. The van der Waals surface area contributed by atoms with Crippen LogP contribution in [0.5, 0.6) is 11.5 Å². The first kappa shape index (κ1) is 21.9. The molecule has 166 valence electrons. The molecule has 1 N–H and O–H groups in total. The molecular formula is C25H26N2O4S. The summed E-state index contributed by atoms with van der Waals surface area (Å²) in [5.41, 5.74) is 2.40. The standard InChI is InChI=1S/C25H26N2O4S/c1-27-23(21-9-6-14-32-21)22(17-7-4-5-8-18(17)25(27)29)24(28)26-13-12-16-10-11-19(30-2)20(15-16)31-3/h4-11,14-15,22-23H,12-13H2,1-3H3,(H,26,28). The van der Waals surface area contributed by atoms with Gasteiger partial charge in [-0.05, 0) is 47.2 Å². The van der Waals surface area contributed by atoms with Crippen molar-refractivity contribution in [3.8, 4) is 11.5 Å². The van der Waals surface area contributed by atoms with Crippen LogP contribution in [0.2, 0.25) is 0 Å². The van der Waals surface area contributed by atoms with Crippen molar-refractivity contribution < 1.29 is 19.1 Å². The monoisotopic (exact) mass is 450 g/mol. The van der Waals surface area contributed by atoms with E-state index in [1.54, 1.807) is 43.6 Å². The second-order valence-corrected chi connectivity index (χ2v) is 8.65. The first-order chi connectivity index (χ1) is 15.5. The molecule has 1 aliphatic heterocycles. The predicted molar refractivity (Wildman–Crippen MR) is 125 cm³/mol. The summed E-state index contributed by atoms with van der Waals surface area (Å²) >= 11 is 1.56. The number of methoxy groups -OCH3 is 2. The van der Waals surface area contributed by atoms with Gasteiger partial charge in [-0.2, -0.15) is 0 Å². The van der Waals surface area contributed by atoms with Crippen LogP contribution in [0, 0.1) is 0 Å². The molecule has 0 saturated carbocycles. The Hall–Kier alpha value is -3.32. The molecular weight excluding hydrogens is 424 g/mol. The molecule has 2 amide bonds. The normalized spacial score (nSPS) is 17.6. The molecule has 2 heterocycles. The number of amides is 2. The van der Waals surface area contributed by atoms with E-state index in [-0.39, 0.29) is 17.9 Å². The molecule has 0 spiro atoms. The van der Waals surface area contributed by atoms with Crippen LogP contribution in [-0.4, -0.2) is 44.5 Å². The van der Waals surface area contributed by atoms with Crippen LogP contribution < -0.4 is 14.8 Å². The highest BCUT2D eigenvalue weighted by Crippen LogP contribution is 2.43. The number of benzene rings is 2. The Bertz CT molecular complexity index is 1110. The lowest BCUT2D eigenvalue weighted by molar-refractivity contribution is -0.124. The number of nitrogens with zero attached hydrogens (tertiary/aromatic N) is 1.